The average Bonchev–Trinajstić information content (AvgIpc) is 3.10. The number of carbonyl (C=O) groups is 1. The molecule has 1 heterocycles. The topological polar surface area (TPSA) is 84.8 Å². The molecule has 2 N–H and O–H groups in total. The first-order valence-electron chi connectivity index (χ1n) is 8.86. The maximum Gasteiger partial charge on any atom is 0.221 e. The molecule has 0 bridgehead atoms. The smallest absolute Gasteiger partial charge is 0.221 e. The summed E-state index contributed by atoms with van der Waals surface area (Å²) in [5, 5.41) is 8.33. The van der Waals surface area contributed by atoms with E-state index in [-0.39, 0.29) is 5.91 Å². The molecule has 0 unspecified atom stereocenters. The Hall–Kier alpha value is -3.39. The lowest BCUT2D eigenvalue weighted by molar-refractivity contribution is -0.114. The Morgan fingerprint density at radius 3 is 2.48 bits per heavy atom. The van der Waals surface area contributed by atoms with Crippen LogP contribution in [0.4, 0.5) is 10.1 Å². The molecule has 0 saturated carbocycles. The molecule has 8 heteroatoms. The zero-order chi connectivity index (χ0) is 20.8. The number of aromatic nitrogens is 1. The van der Waals surface area contributed by atoms with Crippen molar-refractivity contribution in [3.05, 3.63) is 53.6 Å². The molecule has 0 spiro atoms. The third kappa shape index (κ3) is 5.11. The second kappa shape index (κ2) is 9.20. The average molecular weight is 410 g/mol. The molecule has 7 nitrogen and oxygen atoms in total. The van der Waals surface area contributed by atoms with E-state index in [0.29, 0.717) is 27.3 Å². The minimum absolute atomic E-state index is 0.151. The van der Waals surface area contributed by atoms with Crippen LogP contribution in [0, 0.1) is 6.92 Å². The Labute approximate surface area is 173 Å². The number of amides is 1. The SMILES string of the molecule is COc1ccc(/C=N\Nc2nc(-c3ccc(C)cc3)c(NC(C)=O)s2)cc1OC. The lowest BCUT2D eigenvalue weighted by Gasteiger charge is -2.07. The molecule has 1 amide bonds. The van der Waals surface area contributed by atoms with Gasteiger partial charge in [-0.3, -0.25) is 10.2 Å². The molecule has 29 heavy (non-hydrogen) atoms. The van der Waals surface area contributed by atoms with Crippen LogP contribution in [-0.2, 0) is 4.79 Å². The first kappa shape index (κ1) is 20.3. The van der Waals surface area contributed by atoms with Crippen molar-refractivity contribution in [2.45, 2.75) is 13.8 Å². The third-order valence-electron chi connectivity index (χ3n) is 4.02. The molecule has 1 aromatic heterocycles. The van der Waals surface area contributed by atoms with Crippen LogP contribution >= 0.6 is 11.3 Å². The molecule has 2 aromatic carbocycles. The monoisotopic (exact) mass is 410 g/mol. The van der Waals surface area contributed by atoms with Gasteiger partial charge in [0.15, 0.2) is 11.5 Å². The zero-order valence-electron chi connectivity index (χ0n) is 16.6. The lowest BCUT2D eigenvalue weighted by atomic mass is 10.1. The molecule has 3 rings (SSSR count). The summed E-state index contributed by atoms with van der Waals surface area (Å²) in [5.41, 5.74) is 6.55. The molecule has 150 valence electrons. The number of carbonyl (C=O) groups excluding carboxylic acids is 1. The Balaban J connectivity index is 1.81. The van der Waals surface area contributed by atoms with E-state index in [2.05, 4.69) is 20.8 Å². The van der Waals surface area contributed by atoms with Crippen LogP contribution in [0.1, 0.15) is 18.1 Å². The van der Waals surface area contributed by atoms with Crippen LogP contribution in [0.15, 0.2) is 47.6 Å². The number of rotatable bonds is 7. The summed E-state index contributed by atoms with van der Waals surface area (Å²) in [6, 6.07) is 13.5. The van der Waals surface area contributed by atoms with Gasteiger partial charge in [0.25, 0.3) is 0 Å². The van der Waals surface area contributed by atoms with Crippen LogP contribution in [0.5, 0.6) is 11.5 Å². The van der Waals surface area contributed by atoms with E-state index < -0.39 is 0 Å². The van der Waals surface area contributed by atoms with Crippen molar-refractivity contribution in [3.63, 3.8) is 0 Å². The van der Waals surface area contributed by atoms with Gasteiger partial charge in [-0.2, -0.15) is 5.10 Å². The van der Waals surface area contributed by atoms with Crippen LogP contribution in [-0.4, -0.2) is 31.3 Å². The first-order chi connectivity index (χ1) is 14.0. The highest BCUT2D eigenvalue weighted by Crippen LogP contribution is 2.36. The molecule has 0 atom stereocenters. The van der Waals surface area contributed by atoms with Crippen molar-refractivity contribution < 1.29 is 14.3 Å². The first-order valence-corrected chi connectivity index (χ1v) is 9.68. The summed E-state index contributed by atoms with van der Waals surface area (Å²) in [6.07, 6.45) is 1.66. The molecule has 0 aliphatic carbocycles. The van der Waals surface area contributed by atoms with E-state index in [1.807, 2.05) is 49.4 Å². The van der Waals surface area contributed by atoms with Gasteiger partial charge < -0.3 is 14.8 Å². The number of nitrogens with zero attached hydrogens (tertiary/aromatic N) is 2. The number of methoxy groups -OCH3 is 2. The summed E-state index contributed by atoms with van der Waals surface area (Å²) in [7, 11) is 3.18. The Morgan fingerprint density at radius 2 is 1.83 bits per heavy atom. The molecule has 0 radical (unpaired) electrons. The maximum atomic E-state index is 11.6. The molecule has 0 saturated heterocycles. The minimum atomic E-state index is -0.151. The quantitative estimate of drug-likeness (QED) is 0.441. The summed E-state index contributed by atoms with van der Waals surface area (Å²) >= 11 is 1.32. The Morgan fingerprint density at radius 1 is 1.10 bits per heavy atom. The van der Waals surface area contributed by atoms with E-state index in [1.54, 1.807) is 20.4 Å². The van der Waals surface area contributed by atoms with Crippen molar-refractivity contribution in [2.24, 2.45) is 5.10 Å². The van der Waals surface area contributed by atoms with E-state index in [1.165, 1.54) is 18.3 Å². The number of nitrogens with one attached hydrogen (secondary N) is 2. The summed E-state index contributed by atoms with van der Waals surface area (Å²) in [6.45, 7) is 3.50. The molecular formula is C21H22N4O3S. The number of aryl methyl sites for hydroxylation is 1. The lowest BCUT2D eigenvalue weighted by Crippen LogP contribution is -2.05. The summed E-state index contributed by atoms with van der Waals surface area (Å²) in [4.78, 5) is 16.2. The number of hydrogen-bond acceptors (Lipinski definition) is 7. The second-order valence-electron chi connectivity index (χ2n) is 6.23. The molecule has 3 aromatic rings. The predicted octanol–water partition coefficient (Wildman–Crippen LogP) is 4.54. The Kier molecular flexibility index (Phi) is 6.46. The molecular weight excluding hydrogens is 388 g/mol. The summed E-state index contributed by atoms with van der Waals surface area (Å²) in [5.74, 6) is 1.13. The number of anilines is 2. The molecule has 0 aliphatic heterocycles. The number of benzene rings is 2. The second-order valence-corrected chi connectivity index (χ2v) is 7.23. The highest BCUT2D eigenvalue weighted by Gasteiger charge is 2.14. The van der Waals surface area contributed by atoms with E-state index in [4.69, 9.17) is 9.47 Å². The number of thiazole rings is 1. The van der Waals surface area contributed by atoms with E-state index in [9.17, 15) is 4.79 Å². The standard InChI is InChI=1S/C21H22N4O3S/c1-13-5-8-16(9-6-13)19-20(23-14(2)26)29-21(24-19)25-22-12-15-7-10-17(27-3)18(11-15)28-4/h5-12H,1-4H3,(H,23,26)(H,24,25)/b22-12-. The highest BCUT2D eigenvalue weighted by atomic mass is 32.1. The van der Waals surface area contributed by atoms with Gasteiger partial charge in [-0.15, -0.1) is 0 Å². The number of hydrogen-bond donors (Lipinski definition) is 2. The van der Waals surface area contributed by atoms with Crippen LogP contribution in [0.25, 0.3) is 11.3 Å². The normalized spacial score (nSPS) is 10.8. The number of hydrazone groups is 1. The third-order valence-corrected chi connectivity index (χ3v) is 4.90. The fraction of sp³-hybridized carbons (Fsp3) is 0.190. The van der Waals surface area contributed by atoms with Crippen molar-refractivity contribution in [1.29, 1.82) is 0 Å². The van der Waals surface area contributed by atoms with Gasteiger partial charge in [0.05, 0.1) is 20.4 Å². The van der Waals surface area contributed by atoms with E-state index >= 15 is 0 Å². The van der Waals surface area contributed by atoms with Crippen LogP contribution < -0.4 is 20.2 Å². The minimum Gasteiger partial charge on any atom is -0.493 e. The Bertz CT molecular complexity index is 1030. The van der Waals surface area contributed by atoms with Crippen LogP contribution in [0.3, 0.4) is 0 Å². The molecule has 0 fully saturated rings. The molecule has 0 aliphatic rings. The fourth-order valence-electron chi connectivity index (χ4n) is 2.61. The van der Waals surface area contributed by atoms with Crippen molar-refractivity contribution in [1.82, 2.24) is 4.98 Å². The predicted molar refractivity (Wildman–Crippen MR) is 117 cm³/mol. The van der Waals surface area contributed by atoms with Crippen molar-refractivity contribution in [3.8, 4) is 22.8 Å². The van der Waals surface area contributed by atoms with Gasteiger partial charge in [0.1, 0.15) is 10.7 Å². The zero-order valence-corrected chi connectivity index (χ0v) is 17.5. The van der Waals surface area contributed by atoms with Crippen LogP contribution in [0.2, 0.25) is 0 Å². The van der Waals surface area contributed by atoms with E-state index in [0.717, 1.165) is 16.7 Å². The highest BCUT2D eigenvalue weighted by molar-refractivity contribution is 7.20. The largest absolute Gasteiger partial charge is 0.493 e. The van der Waals surface area contributed by atoms with Gasteiger partial charge in [0.2, 0.25) is 11.0 Å². The van der Waals surface area contributed by atoms with Crippen molar-refractivity contribution >= 4 is 33.6 Å². The summed E-state index contributed by atoms with van der Waals surface area (Å²) < 4.78 is 10.5. The van der Waals surface area contributed by atoms with Gasteiger partial charge in [0, 0.05) is 12.5 Å². The maximum absolute atomic E-state index is 11.6. The van der Waals surface area contributed by atoms with Crippen molar-refractivity contribution in [2.75, 3.05) is 25.0 Å². The van der Waals surface area contributed by atoms with Gasteiger partial charge in [-0.05, 0) is 30.7 Å². The van der Waals surface area contributed by atoms with Gasteiger partial charge in [-0.1, -0.05) is 41.2 Å². The fourth-order valence-corrected chi connectivity index (χ4v) is 3.50. The number of ether oxygens (including phenoxy) is 2. The van der Waals surface area contributed by atoms with Gasteiger partial charge >= 0.3 is 0 Å². The van der Waals surface area contributed by atoms with Gasteiger partial charge in [-0.25, -0.2) is 4.98 Å².